The summed E-state index contributed by atoms with van der Waals surface area (Å²) >= 11 is 0. The van der Waals surface area contributed by atoms with E-state index < -0.39 is 0 Å². The standard InChI is InChI=1S/C44H39N5O/c1-43(2,3)28-23-24-45-41(25-28)47-35-15-9-7-13-31(35)32-21-19-29(26-39(32)47)50-30-20-22-33(44(4,5)6)40(27-30)49-38-18-12-11-17-37(38)48-36-16-10-8-14-34(36)46-42(48)49/h7-27H,1-6H3. The van der Waals surface area contributed by atoms with Gasteiger partial charge in [-0.2, -0.15) is 0 Å². The maximum absolute atomic E-state index is 6.77. The summed E-state index contributed by atoms with van der Waals surface area (Å²) in [6.45, 7) is 13.5. The van der Waals surface area contributed by atoms with Crippen LogP contribution in [0.25, 0.3) is 61.2 Å². The van der Waals surface area contributed by atoms with Crippen molar-refractivity contribution < 1.29 is 4.74 Å². The molecule has 0 fully saturated rings. The van der Waals surface area contributed by atoms with Crippen LogP contribution in [0.4, 0.5) is 0 Å². The third kappa shape index (κ3) is 4.70. The van der Waals surface area contributed by atoms with Crippen LogP contribution in [0.1, 0.15) is 52.7 Å². The number of ether oxygens (including phenoxy) is 1. The lowest BCUT2D eigenvalue weighted by molar-refractivity contribution is 0.481. The minimum atomic E-state index is -0.128. The van der Waals surface area contributed by atoms with E-state index >= 15 is 0 Å². The molecule has 0 aliphatic rings. The Labute approximate surface area is 291 Å². The number of pyridine rings is 1. The summed E-state index contributed by atoms with van der Waals surface area (Å²) in [5.41, 5.74) is 9.81. The van der Waals surface area contributed by atoms with Gasteiger partial charge < -0.3 is 4.74 Å². The van der Waals surface area contributed by atoms with Gasteiger partial charge in [0.25, 0.3) is 0 Å². The molecule has 0 aliphatic carbocycles. The highest BCUT2D eigenvalue weighted by molar-refractivity contribution is 6.09. The van der Waals surface area contributed by atoms with Gasteiger partial charge in [-0.25, -0.2) is 9.97 Å². The third-order valence-corrected chi connectivity index (χ3v) is 9.85. The maximum Gasteiger partial charge on any atom is 0.220 e. The minimum absolute atomic E-state index is 0.00137. The van der Waals surface area contributed by atoms with E-state index in [4.69, 9.17) is 14.7 Å². The number of benzene rings is 5. The molecule has 6 heteroatoms. The SMILES string of the molecule is CC(C)(C)c1ccnc(-n2c3ccccc3c3ccc(Oc4ccc(C(C)(C)C)c(-n5c6ccccc6n6c7ccccc7nc56)c4)cc32)c1. The Balaban J connectivity index is 1.22. The summed E-state index contributed by atoms with van der Waals surface area (Å²) in [6, 6.07) is 42.6. The van der Waals surface area contributed by atoms with Gasteiger partial charge in [0.1, 0.15) is 17.3 Å². The van der Waals surface area contributed by atoms with E-state index in [0.717, 1.165) is 67.3 Å². The predicted octanol–water partition coefficient (Wildman–Crippen LogP) is 11.3. The van der Waals surface area contributed by atoms with Crippen LogP contribution in [0.2, 0.25) is 0 Å². The third-order valence-electron chi connectivity index (χ3n) is 9.85. The number of aromatic nitrogens is 5. The van der Waals surface area contributed by atoms with E-state index in [0.29, 0.717) is 0 Å². The predicted molar refractivity (Wildman–Crippen MR) is 206 cm³/mol. The van der Waals surface area contributed by atoms with Crippen LogP contribution in [0.3, 0.4) is 0 Å². The van der Waals surface area contributed by atoms with Gasteiger partial charge in [-0.05, 0) is 82.6 Å². The Kier molecular flexibility index (Phi) is 6.53. The quantitative estimate of drug-likeness (QED) is 0.190. The molecule has 9 aromatic rings. The van der Waals surface area contributed by atoms with E-state index in [1.807, 2.05) is 12.3 Å². The van der Waals surface area contributed by atoms with Crippen molar-refractivity contribution in [2.75, 3.05) is 0 Å². The molecule has 6 nitrogen and oxygen atoms in total. The van der Waals surface area contributed by atoms with Gasteiger partial charge in [-0.3, -0.25) is 13.5 Å². The summed E-state index contributed by atoms with van der Waals surface area (Å²) in [6.07, 6.45) is 1.92. The molecule has 9 rings (SSSR count). The molecule has 50 heavy (non-hydrogen) atoms. The highest BCUT2D eigenvalue weighted by atomic mass is 16.5. The van der Waals surface area contributed by atoms with E-state index in [-0.39, 0.29) is 10.8 Å². The van der Waals surface area contributed by atoms with Crippen molar-refractivity contribution in [1.82, 2.24) is 23.5 Å². The van der Waals surface area contributed by atoms with E-state index in [1.165, 1.54) is 16.5 Å². The zero-order chi connectivity index (χ0) is 34.4. The number of imidazole rings is 2. The molecule has 0 radical (unpaired) electrons. The zero-order valence-electron chi connectivity index (χ0n) is 29.3. The lowest BCUT2D eigenvalue weighted by Crippen LogP contribution is -2.15. The number of nitrogens with zero attached hydrogens (tertiary/aromatic N) is 5. The Morgan fingerprint density at radius 1 is 0.540 bits per heavy atom. The van der Waals surface area contributed by atoms with Crippen LogP contribution >= 0.6 is 0 Å². The van der Waals surface area contributed by atoms with Gasteiger partial charge in [0.05, 0.1) is 38.8 Å². The molecular formula is C44H39N5O. The van der Waals surface area contributed by atoms with Crippen LogP contribution in [0.15, 0.2) is 128 Å². The average Bonchev–Trinajstić information content (AvgIpc) is 3.74. The lowest BCUT2D eigenvalue weighted by atomic mass is 9.85. The summed E-state index contributed by atoms with van der Waals surface area (Å²) in [5, 5.41) is 2.34. The number of hydrogen-bond acceptors (Lipinski definition) is 3. The van der Waals surface area contributed by atoms with Gasteiger partial charge in [0.2, 0.25) is 5.78 Å². The van der Waals surface area contributed by atoms with Crippen molar-refractivity contribution in [2.24, 2.45) is 0 Å². The first-order valence-corrected chi connectivity index (χ1v) is 17.3. The van der Waals surface area contributed by atoms with Crippen LogP contribution in [-0.2, 0) is 10.8 Å². The second-order valence-electron chi connectivity index (χ2n) is 15.3. The van der Waals surface area contributed by atoms with Gasteiger partial charge in [0.15, 0.2) is 0 Å². The lowest BCUT2D eigenvalue weighted by Gasteiger charge is -2.24. The number of rotatable bonds is 4. The van der Waals surface area contributed by atoms with E-state index in [1.54, 1.807) is 0 Å². The van der Waals surface area contributed by atoms with Gasteiger partial charge in [-0.15, -0.1) is 0 Å². The molecule has 5 aromatic carbocycles. The molecular weight excluding hydrogens is 615 g/mol. The second kappa shape index (κ2) is 10.8. The highest BCUT2D eigenvalue weighted by Gasteiger charge is 2.25. The minimum Gasteiger partial charge on any atom is -0.457 e. The van der Waals surface area contributed by atoms with Crippen LogP contribution in [0, 0.1) is 0 Å². The summed E-state index contributed by atoms with van der Waals surface area (Å²) in [5.74, 6) is 3.30. The molecule has 0 saturated carbocycles. The molecule has 0 unspecified atom stereocenters. The fourth-order valence-electron chi connectivity index (χ4n) is 7.39. The normalized spacial score (nSPS) is 12.6. The van der Waals surface area contributed by atoms with Crippen LogP contribution in [0.5, 0.6) is 11.5 Å². The van der Waals surface area contributed by atoms with Crippen LogP contribution in [-0.4, -0.2) is 23.5 Å². The van der Waals surface area contributed by atoms with Crippen molar-refractivity contribution >= 4 is 49.7 Å². The Morgan fingerprint density at radius 3 is 1.98 bits per heavy atom. The fourth-order valence-corrected chi connectivity index (χ4v) is 7.39. The monoisotopic (exact) mass is 653 g/mol. The van der Waals surface area contributed by atoms with Crippen molar-refractivity contribution in [3.8, 4) is 23.0 Å². The first-order valence-electron chi connectivity index (χ1n) is 17.3. The Morgan fingerprint density at radius 2 is 1.20 bits per heavy atom. The number of fused-ring (bicyclic) bond motifs is 8. The van der Waals surface area contributed by atoms with Gasteiger partial charge in [-0.1, -0.05) is 90.1 Å². The smallest absolute Gasteiger partial charge is 0.220 e. The Bertz CT molecular complexity index is 2760. The van der Waals surface area contributed by atoms with Crippen LogP contribution < -0.4 is 4.74 Å². The summed E-state index contributed by atoms with van der Waals surface area (Å²) in [4.78, 5) is 10.0. The summed E-state index contributed by atoms with van der Waals surface area (Å²) in [7, 11) is 0. The zero-order valence-corrected chi connectivity index (χ0v) is 29.3. The molecule has 0 saturated heterocycles. The van der Waals surface area contributed by atoms with E-state index in [2.05, 4.69) is 170 Å². The van der Waals surface area contributed by atoms with Gasteiger partial charge >= 0.3 is 0 Å². The van der Waals surface area contributed by atoms with Crippen molar-refractivity contribution in [3.05, 3.63) is 139 Å². The van der Waals surface area contributed by atoms with Crippen molar-refractivity contribution in [3.63, 3.8) is 0 Å². The second-order valence-corrected chi connectivity index (χ2v) is 15.3. The number of para-hydroxylation sites is 5. The summed E-state index contributed by atoms with van der Waals surface area (Å²) < 4.78 is 13.6. The first kappa shape index (κ1) is 30.2. The highest BCUT2D eigenvalue weighted by Crippen LogP contribution is 2.39. The largest absolute Gasteiger partial charge is 0.457 e. The maximum atomic E-state index is 6.77. The molecule has 0 bridgehead atoms. The fraction of sp³-hybridized carbons (Fsp3) is 0.182. The molecule has 0 N–H and O–H groups in total. The molecule has 0 amide bonds. The molecule has 0 atom stereocenters. The van der Waals surface area contributed by atoms with Crippen molar-refractivity contribution in [1.29, 1.82) is 0 Å². The average molecular weight is 654 g/mol. The first-order chi connectivity index (χ1) is 24.1. The topological polar surface area (TPSA) is 49.3 Å². The van der Waals surface area contributed by atoms with Gasteiger partial charge in [0, 0.05) is 29.1 Å². The molecule has 246 valence electrons. The van der Waals surface area contributed by atoms with Crippen molar-refractivity contribution in [2.45, 2.75) is 52.4 Å². The number of hydrogen-bond donors (Lipinski definition) is 0. The van der Waals surface area contributed by atoms with E-state index in [9.17, 15) is 0 Å². The Hall–Kier alpha value is -5.88. The molecule has 4 heterocycles. The molecule has 4 aromatic heterocycles. The molecule has 0 spiro atoms. The molecule has 0 aliphatic heterocycles.